The standard InChI is InChI=1S/C18H24N4O/c1-3-4-15-10-20-13(2)21-18(15)22-11-16(17(23)12-22)9-14-5-7-19-8-6-14/h5-8,10,16-17,23H,3-4,9,11-12H2,1-2H3/t16-,17-/m1/s1. The first-order valence-electron chi connectivity index (χ1n) is 8.31. The van der Waals surface area contributed by atoms with Crippen LogP contribution in [0.25, 0.3) is 0 Å². The lowest BCUT2D eigenvalue weighted by Gasteiger charge is -2.20. The fourth-order valence-electron chi connectivity index (χ4n) is 3.25. The van der Waals surface area contributed by atoms with E-state index in [1.54, 1.807) is 0 Å². The van der Waals surface area contributed by atoms with Crippen LogP contribution in [0.15, 0.2) is 30.7 Å². The van der Waals surface area contributed by atoms with E-state index in [1.807, 2.05) is 37.6 Å². The van der Waals surface area contributed by atoms with Crippen LogP contribution < -0.4 is 4.90 Å². The molecule has 5 heteroatoms. The van der Waals surface area contributed by atoms with E-state index >= 15 is 0 Å². The fraction of sp³-hybridized carbons (Fsp3) is 0.500. The number of aryl methyl sites for hydroxylation is 2. The first-order chi connectivity index (χ1) is 11.2. The van der Waals surface area contributed by atoms with Gasteiger partial charge in [-0.25, -0.2) is 9.97 Å². The minimum absolute atomic E-state index is 0.224. The predicted molar refractivity (Wildman–Crippen MR) is 90.4 cm³/mol. The molecule has 3 heterocycles. The lowest BCUT2D eigenvalue weighted by molar-refractivity contribution is 0.148. The zero-order valence-electron chi connectivity index (χ0n) is 13.8. The normalized spacial score (nSPS) is 20.9. The van der Waals surface area contributed by atoms with Crippen LogP contribution in [0.1, 0.15) is 30.3 Å². The first kappa shape index (κ1) is 15.9. The summed E-state index contributed by atoms with van der Waals surface area (Å²) in [5, 5.41) is 10.5. The SMILES string of the molecule is CCCc1cnc(C)nc1N1C[C@@H](Cc2ccncc2)[C@H](O)C1. The lowest BCUT2D eigenvalue weighted by Crippen LogP contribution is -2.24. The van der Waals surface area contributed by atoms with E-state index in [1.165, 1.54) is 11.1 Å². The van der Waals surface area contributed by atoms with Gasteiger partial charge in [0, 0.05) is 43.2 Å². The Morgan fingerprint density at radius 3 is 2.78 bits per heavy atom. The highest BCUT2D eigenvalue weighted by atomic mass is 16.3. The Bertz CT molecular complexity index is 647. The fourth-order valence-corrected chi connectivity index (χ4v) is 3.25. The summed E-state index contributed by atoms with van der Waals surface area (Å²) in [6.07, 6.45) is 8.13. The molecule has 0 aromatic carbocycles. The van der Waals surface area contributed by atoms with E-state index in [9.17, 15) is 5.11 Å². The molecule has 2 atom stereocenters. The van der Waals surface area contributed by atoms with Crippen molar-refractivity contribution in [1.29, 1.82) is 0 Å². The molecule has 2 aromatic rings. The van der Waals surface area contributed by atoms with Crippen molar-refractivity contribution in [1.82, 2.24) is 15.0 Å². The van der Waals surface area contributed by atoms with Gasteiger partial charge in [0.05, 0.1) is 6.10 Å². The molecule has 5 nitrogen and oxygen atoms in total. The van der Waals surface area contributed by atoms with Crippen molar-refractivity contribution < 1.29 is 5.11 Å². The van der Waals surface area contributed by atoms with Crippen LogP contribution >= 0.6 is 0 Å². The Hall–Kier alpha value is -2.01. The number of nitrogens with zero attached hydrogens (tertiary/aromatic N) is 4. The second kappa shape index (κ2) is 7.04. The van der Waals surface area contributed by atoms with Crippen molar-refractivity contribution in [3.8, 4) is 0 Å². The third-order valence-corrected chi connectivity index (χ3v) is 4.43. The Morgan fingerprint density at radius 2 is 2.04 bits per heavy atom. The minimum Gasteiger partial charge on any atom is -0.391 e. The number of aliphatic hydroxyl groups is 1. The molecule has 0 unspecified atom stereocenters. The molecule has 1 aliphatic heterocycles. The Morgan fingerprint density at radius 1 is 1.26 bits per heavy atom. The molecule has 122 valence electrons. The van der Waals surface area contributed by atoms with Crippen LogP contribution in [-0.2, 0) is 12.8 Å². The van der Waals surface area contributed by atoms with Gasteiger partial charge in [0.2, 0.25) is 0 Å². The molecule has 0 saturated carbocycles. The van der Waals surface area contributed by atoms with E-state index < -0.39 is 0 Å². The zero-order chi connectivity index (χ0) is 16.2. The minimum atomic E-state index is -0.326. The number of hydrogen-bond acceptors (Lipinski definition) is 5. The van der Waals surface area contributed by atoms with Gasteiger partial charge in [-0.2, -0.15) is 0 Å². The molecule has 23 heavy (non-hydrogen) atoms. The molecule has 3 rings (SSSR count). The molecule has 0 bridgehead atoms. The van der Waals surface area contributed by atoms with Gasteiger partial charge in [-0.05, 0) is 37.5 Å². The number of aliphatic hydroxyl groups excluding tert-OH is 1. The van der Waals surface area contributed by atoms with Crippen LogP contribution in [0.5, 0.6) is 0 Å². The number of β-amino-alcohol motifs (C(OH)–C–C–N with tert-alkyl or cyclic N) is 1. The molecule has 2 aromatic heterocycles. The van der Waals surface area contributed by atoms with Gasteiger partial charge in [0.25, 0.3) is 0 Å². The summed E-state index contributed by atoms with van der Waals surface area (Å²) >= 11 is 0. The van der Waals surface area contributed by atoms with Gasteiger partial charge in [0.1, 0.15) is 11.6 Å². The maximum absolute atomic E-state index is 10.5. The molecule has 1 saturated heterocycles. The smallest absolute Gasteiger partial charge is 0.135 e. The van der Waals surface area contributed by atoms with Gasteiger partial charge >= 0.3 is 0 Å². The number of aromatic nitrogens is 3. The molecule has 1 N–H and O–H groups in total. The highest BCUT2D eigenvalue weighted by Gasteiger charge is 2.33. The predicted octanol–water partition coefficient (Wildman–Crippen LogP) is 2.17. The zero-order valence-corrected chi connectivity index (χ0v) is 13.8. The molecule has 1 fully saturated rings. The average molecular weight is 312 g/mol. The maximum Gasteiger partial charge on any atom is 0.135 e. The van der Waals surface area contributed by atoms with Gasteiger partial charge in [-0.1, -0.05) is 13.3 Å². The highest BCUT2D eigenvalue weighted by molar-refractivity contribution is 5.47. The molecule has 0 aliphatic carbocycles. The van der Waals surface area contributed by atoms with Crippen LogP contribution in [0.4, 0.5) is 5.82 Å². The number of hydrogen-bond donors (Lipinski definition) is 1. The summed E-state index contributed by atoms with van der Waals surface area (Å²) in [7, 11) is 0. The van der Waals surface area contributed by atoms with Gasteiger partial charge in [-0.3, -0.25) is 4.98 Å². The Balaban J connectivity index is 1.77. The van der Waals surface area contributed by atoms with E-state index in [0.717, 1.165) is 37.4 Å². The third kappa shape index (κ3) is 3.67. The second-order valence-electron chi connectivity index (χ2n) is 6.31. The van der Waals surface area contributed by atoms with Crippen molar-refractivity contribution in [3.63, 3.8) is 0 Å². The van der Waals surface area contributed by atoms with Crippen LogP contribution in [-0.4, -0.2) is 39.3 Å². The summed E-state index contributed by atoms with van der Waals surface area (Å²) in [6.45, 7) is 5.55. The van der Waals surface area contributed by atoms with E-state index in [4.69, 9.17) is 0 Å². The lowest BCUT2D eigenvalue weighted by atomic mass is 9.97. The first-order valence-corrected chi connectivity index (χ1v) is 8.31. The summed E-state index contributed by atoms with van der Waals surface area (Å²) < 4.78 is 0. The van der Waals surface area contributed by atoms with Crippen molar-refractivity contribution in [2.45, 2.75) is 39.2 Å². The summed E-state index contributed by atoms with van der Waals surface area (Å²) in [6, 6.07) is 4.04. The van der Waals surface area contributed by atoms with Crippen LogP contribution in [0, 0.1) is 12.8 Å². The number of pyridine rings is 1. The monoisotopic (exact) mass is 312 g/mol. The summed E-state index contributed by atoms with van der Waals surface area (Å²) in [5.74, 6) is 2.00. The number of anilines is 1. The van der Waals surface area contributed by atoms with Crippen molar-refractivity contribution in [2.24, 2.45) is 5.92 Å². The van der Waals surface area contributed by atoms with Crippen molar-refractivity contribution >= 4 is 5.82 Å². The molecular formula is C18H24N4O. The van der Waals surface area contributed by atoms with Crippen LogP contribution in [0.2, 0.25) is 0 Å². The summed E-state index contributed by atoms with van der Waals surface area (Å²) in [4.78, 5) is 15.2. The Labute approximate surface area is 137 Å². The van der Waals surface area contributed by atoms with E-state index in [0.29, 0.717) is 6.54 Å². The van der Waals surface area contributed by atoms with Gasteiger partial charge < -0.3 is 10.0 Å². The van der Waals surface area contributed by atoms with E-state index in [2.05, 4.69) is 26.8 Å². The van der Waals surface area contributed by atoms with Crippen LogP contribution in [0.3, 0.4) is 0 Å². The molecule has 0 radical (unpaired) electrons. The number of rotatable bonds is 5. The molecule has 1 aliphatic rings. The highest BCUT2D eigenvalue weighted by Crippen LogP contribution is 2.28. The maximum atomic E-state index is 10.5. The van der Waals surface area contributed by atoms with Gasteiger partial charge in [-0.15, -0.1) is 0 Å². The molecule has 0 amide bonds. The topological polar surface area (TPSA) is 62.1 Å². The van der Waals surface area contributed by atoms with Gasteiger partial charge in [0.15, 0.2) is 0 Å². The van der Waals surface area contributed by atoms with E-state index in [-0.39, 0.29) is 12.0 Å². The molecule has 0 spiro atoms. The quantitative estimate of drug-likeness (QED) is 0.917. The van der Waals surface area contributed by atoms with Crippen molar-refractivity contribution in [2.75, 3.05) is 18.0 Å². The second-order valence-corrected chi connectivity index (χ2v) is 6.31. The third-order valence-electron chi connectivity index (χ3n) is 4.43. The average Bonchev–Trinajstić information content (AvgIpc) is 2.91. The summed E-state index contributed by atoms with van der Waals surface area (Å²) in [5.41, 5.74) is 2.40. The largest absolute Gasteiger partial charge is 0.391 e. The molecular weight excluding hydrogens is 288 g/mol. The Kier molecular flexibility index (Phi) is 4.86. The van der Waals surface area contributed by atoms with Crippen molar-refractivity contribution in [3.05, 3.63) is 47.7 Å².